The highest BCUT2D eigenvalue weighted by atomic mass is 16.6. The van der Waals surface area contributed by atoms with E-state index in [-0.39, 0.29) is 23.3 Å². The van der Waals surface area contributed by atoms with Gasteiger partial charge in [-0.1, -0.05) is 27.7 Å². The van der Waals surface area contributed by atoms with E-state index >= 15 is 0 Å². The topological polar surface area (TPSA) is 30.5 Å². The Morgan fingerprint density at radius 2 is 1.31 bits per heavy atom. The zero-order valence-corrected chi connectivity index (χ0v) is 8.89. The fourth-order valence-electron chi connectivity index (χ4n) is 1.88. The number of nitrogens with one attached hydrogen (secondary N) is 1. The molecular formula is C10H19NO2. The lowest BCUT2D eigenvalue weighted by molar-refractivity contribution is -0.252. The molecule has 2 rings (SSSR count). The van der Waals surface area contributed by atoms with Gasteiger partial charge in [0.15, 0.2) is 0 Å². The molecule has 0 aromatic carbocycles. The Balaban J connectivity index is 2.14. The molecular weight excluding hydrogens is 166 g/mol. The molecule has 0 radical (unpaired) electrons. The predicted octanol–water partition coefficient (Wildman–Crippen LogP) is 1.34. The molecule has 2 bridgehead atoms. The summed E-state index contributed by atoms with van der Waals surface area (Å²) in [6, 6.07) is 0. The lowest BCUT2D eigenvalue weighted by atomic mass is 9.83. The third kappa shape index (κ3) is 1.49. The largest absolute Gasteiger partial charge is 0.362 e. The van der Waals surface area contributed by atoms with Gasteiger partial charge in [0.25, 0.3) is 0 Å². The Morgan fingerprint density at radius 1 is 0.923 bits per heavy atom. The number of ether oxygens (including phenoxy) is 2. The van der Waals surface area contributed by atoms with Gasteiger partial charge < -0.3 is 9.47 Å². The summed E-state index contributed by atoms with van der Waals surface area (Å²) in [5.74, 6) is 0. The van der Waals surface area contributed by atoms with E-state index in [4.69, 9.17) is 9.47 Å². The highest BCUT2D eigenvalue weighted by Gasteiger charge is 2.47. The third-order valence-corrected chi connectivity index (χ3v) is 2.97. The fraction of sp³-hybridized carbons (Fsp3) is 1.00. The second-order valence-electron chi connectivity index (χ2n) is 5.53. The molecule has 0 saturated carbocycles. The quantitative estimate of drug-likeness (QED) is 0.618. The van der Waals surface area contributed by atoms with Gasteiger partial charge in [0, 0.05) is 10.8 Å². The van der Waals surface area contributed by atoms with Crippen molar-refractivity contribution in [3.63, 3.8) is 0 Å². The summed E-state index contributed by atoms with van der Waals surface area (Å²) in [5, 5.41) is 3.39. The zero-order chi connectivity index (χ0) is 9.69. The molecule has 0 spiro atoms. The van der Waals surface area contributed by atoms with Gasteiger partial charge in [-0.15, -0.1) is 0 Å². The van der Waals surface area contributed by atoms with Gasteiger partial charge in [0.1, 0.15) is 12.5 Å². The van der Waals surface area contributed by atoms with E-state index in [1.54, 1.807) is 0 Å². The summed E-state index contributed by atoms with van der Waals surface area (Å²) in [5.41, 5.74) is 0.181. The van der Waals surface area contributed by atoms with Crippen molar-refractivity contribution in [1.29, 1.82) is 0 Å². The molecule has 2 saturated heterocycles. The Kier molecular flexibility index (Phi) is 1.95. The van der Waals surface area contributed by atoms with Crippen molar-refractivity contribution in [3.8, 4) is 0 Å². The van der Waals surface area contributed by atoms with Crippen LogP contribution in [0.25, 0.3) is 0 Å². The summed E-state index contributed by atoms with van der Waals surface area (Å²) in [6.45, 7) is 10.2. The molecule has 2 aliphatic heterocycles. The second-order valence-corrected chi connectivity index (χ2v) is 5.53. The van der Waals surface area contributed by atoms with Crippen LogP contribution in [0.4, 0.5) is 0 Å². The van der Waals surface area contributed by atoms with Crippen molar-refractivity contribution in [2.75, 3.05) is 13.2 Å². The SMILES string of the molecule is CC1(C)COC2NC1OCC2(C)C. The second kappa shape index (κ2) is 2.69. The first-order chi connectivity index (χ1) is 5.92. The molecule has 1 N–H and O–H groups in total. The molecule has 2 unspecified atom stereocenters. The summed E-state index contributed by atoms with van der Waals surface area (Å²) in [7, 11) is 0. The first-order valence-corrected chi connectivity index (χ1v) is 4.91. The van der Waals surface area contributed by atoms with Crippen molar-refractivity contribution >= 4 is 0 Å². The molecule has 3 heteroatoms. The zero-order valence-electron chi connectivity index (χ0n) is 8.89. The highest BCUT2D eigenvalue weighted by molar-refractivity contribution is 4.92. The smallest absolute Gasteiger partial charge is 0.117 e. The van der Waals surface area contributed by atoms with Crippen LogP contribution in [0.1, 0.15) is 27.7 Å². The van der Waals surface area contributed by atoms with Crippen molar-refractivity contribution in [1.82, 2.24) is 5.32 Å². The summed E-state index contributed by atoms with van der Waals surface area (Å²) < 4.78 is 11.6. The van der Waals surface area contributed by atoms with Gasteiger partial charge in [0.05, 0.1) is 13.2 Å². The van der Waals surface area contributed by atoms with Crippen LogP contribution in [0, 0.1) is 10.8 Å². The van der Waals surface area contributed by atoms with Crippen LogP contribution < -0.4 is 5.32 Å². The van der Waals surface area contributed by atoms with Crippen LogP contribution in [0.2, 0.25) is 0 Å². The molecule has 2 atom stereocenters. The van der Waals surface area contributed by atoms with Gasteiger partial charge in [-0.3, -0.25) is 5.32 Å². The highest BCUT2D eigenvalue weighted by Crippen LogP contribution is 2.37. The molecule has 2 aliphatic rings. The number of rotatable bonds is 0. The molecule has 2 fully saturated rings. The minimum atomic E-state index is 0.0903. The first kappa shape index (κ1) is 9.44. The standard InChI is InChI=1S/C10H19NO2/c1-9(2)5-12-8-10(3,4)6-13-7(9)11-8/h7-8,11H,5-6H2,1-4H3. The summed E-state index contributed by atoms with van der Waals surface area (Å²) >= 11 is 0. The van der Waals surface area contributed by atoms with Gasteiger partial charge in [-0.05, 0) is 0 Å². The molecule has 2 heterocycles. The van der Waals surface area contributed by atoms with Gasteiger partial charge >= 0.3 is 0 Å². The van der Waals surface area contributed by atoms with Crippen molar-refractivity contribution in [3.05, 3.63) is 0 Å². The molecule has 0 aromatic rings. The average Bonchev–Trinajstić information content (AvgIpc) is 2.01. The molecule has 0 aromatic heterocycles. The van der Waals surface area contributed by atoms with Crippen LogP contribution >= 0.6 is 0 Å². The van der Waals surface area contributed by atoms with Crippen LogP contribution in [-0.2, 0) is 9.47 Å². The van der Waals surface area contributed by atoms with Gasteiger partial charge in [-0.2, -0.15) is 0 Å². The molecule has 3 nitrogen and oxygen atoms in total. The molecule has 0 amide bonds. The Bertz CT molecular complexity index is 191. The van der Waals surface area contributed by atoms with E-state index < -0.39 is 0 Å². The van der Waals surface area contributed by atoms with Gasteiger partial charge in [-0.25, -0.2) is 0 Å². The first-order valence-electron chi connectivity index (χ1n) is 4.91. The van der Waals surface area contributed by atoms with Crippen LogP contribution in [0.15, 0.2) is 0 Å². The number of hydrogen-bond acceptors (Lipinski definition) is 3. The Morgan fingerprint density at radius 3 is 1.69 bits per heavy atom. The lowest BCUT2D eigenvalue weighted by Crippen LogP contribution is -2.66. The summed E-state index contributed by atoms with van der Waals surface area (Å²) in [6.07, 6.45) is 0.304. The van der Waals surface area contributed by atoms with E-state index in [0.717, 1.165) is 13.2 Å². The van der Waals surface area contributed by atoms with Crippen LogP contribution in [0.5, 0.6) is 0 Å². The van der Waals surface area contributed by atoms with E-state index in [0.29, 0.717) is 0 Å². The average molecular weight is 185 g/mol. The summed E-state index contributed by atoms with van der Waals surface area (Å²) in [4.78, 5) is 0. The van der Waals surface area contributed by atoms with E-state index in [1.807, 2.05) is 0 Å². The van der Waals surface area contributed by atoms with Crippen molar-refractivity contribution in [2.45, 2.75) is 40.2 Å². The Hall–Kier alpha value is -0.120. The number of fused-ring (bicyclic) bond motifs is 2. The monoisotopic (exact) mass is 185 g/mol. The normalized spacial score (nSPS) is 41.5. The molecule has 76 valence electrons. The lowest BCUT2D eigenvalue weighted by Gasteiger charge is -2.52. The fourth-order valence-corrected chi connectivity index (χ4v) is 1.88. The predicted molar refractivity (Wildman–Crippen MR) is 50.2 cm³/mol. The third-order valence-electron chi connectivity index (χ3n) is 2.97. The minimum absolute atomic E-state index is 0.0903. The van der Waals surface area contributed by atoms with E-state index in [2.05, 4.69) is 33.0 Å². The minimum Gasteiger partial charge on any atom is -0.362 e. The van der Waals surface area contributed by atoms with E-state index in [1.165, 1.54) is 0 Å². The van der Waals surface area contributed by atoms with Crippen molar-refractivity contribution in [2.24, 2.45) is 10.8 Å². The Labute approximate surface area is 79.8 Å². The number of hydrogen-bond donors (Lipinski definition) is 1. The van der Waals surface area contributed by atoms with E-state index in [9.17, 15) is 0 Å². The van der Waals surface area contributed by atoms with Crippen molar-refractivity contribution < 1.29 is 9.47 Å². The maximum atomic E-state index is 5.79. The molecule has 13 heavy (non-hydrogen) atoms. The maximum Gasteiger partial charge on any atom is 0.117 e. The maximum absolute atomic E-state index is 5.79. The molecule has 0 aliphatic carbocycles. The van der Waals surface area contributed by atoms with Gasteiger partial charge in [0.2, 0.25) is 0 Å². The van der Waals surface area contributed by atoms with Crippen LogP contribution in [-0.4, -0.2) is 25.7 Å². The van der Waals surface area contributed by atoms with Crippen LogP contribution in [0.3, 0.4) is 0 Å².